The summed E-state index contributed by atoms with van der Waals surface area (Å²) in [6.45, 7) is 7.46. The molecule has 0 aromatic heterocycles. The molecule has 1 aromatic carbocycles. The molecule has 15 heavy (non-hydrogen) atoms. The number of hydrogen-bond acceptors (Lipinski definition) is 1. The van der Waals surface area contributed by atoms with Crippen molar-refractivity contribution in [1.29, 1.82) is 0 Å². The lowest BCUT2D eigenvalue weighted by molar-refractivity contribution is 0.164. The van der Waals surface area contributed by atoms with Crippen molar-refractivity contribution in [3.63, 3.8) is 0 Å². The Morgan fingerprint density at radius 1 is 1.27 bits per heavy atom. The molecule has 1 aliphatic rings. The van der Waals surface area contributed by atoms with Gasteiger partial charge in [0.25, 0.3) is 0 Å². The third-order valence-electron chi connectivity index (χ3n) is 3.99. The largest absolute Gasteiger partial charge is 0.330 e. The molecule has 0 atom stereocenters. The van der Waals surface area contributed by atoms with Crippen LogP contribution in [0.3, 0.4) is 0 Å². The Morgan fingerprint density at radius 2 is 1.93 bits per heavy atom. The zero-order valence-electron chi connectivity index (χ0n) is 10.0. The highest BCUT2D eigenvalue weighted by Crippen LogP contribution is 2.47. The highest BCUT2D eigenvalue weighted by Gasteiger charge is 2.42. The van der Waals surface area contributed by atoms with Gasteiger partial charge in [-0.25, -0.2) is 0 Å². The number of benzene rings is 1. The summed E-state index contributed by atoms with van der Waals surface area (Å²) in [5.74, 6) is 0.843. The van der Waals surface area contributed by atoms with Gasteiger partial charge in [0.15, 0.2) is 0 Å². The van der Waals surface area contributed by atoms with Crippen LogP contribution in [-0.2, 0) is 5.41 Å². The maximum absolute atomic E-state index is 5.95. The van der Waals surface area contributed by atoms with Gasteiger partial charge < -0.3 is 5.73 Å². The van der Waals surface area contributed by atoms with E-state index in [0.717, 1.165) is 12.5 Å². The Morgan fingerprint density at radius 3 is 2.40 bits per heavy atom. The summed E-state index contributed by atoms with van der Waals surface area (Å²) < 4.78 is 0. The summed E-state index contributed by atoms with van der Waals surface area (Å²) in [6.07, 6.45) is 2.51. The SMILES string of the molecule is Cc1ccc(C2(CN)CC(C)C2)cc1C. The van der Waals surface area contributed by atoms with Crippen LogP contribution < -0.4 is 5.73 Å². The number of aryl methyl sites for hydroxylation is 2. The fraction of sp³-hybridized carbons (Fsp3) is 0.571. The van der Waals surface area contributed by atoms with Crippen LogP contribution in [0.2, 0.25) is 0 Å². The van der Waals surface area contributed by atoms with E-state index < -0.39 is 0 Å². The Kier molecular flexibility index (Phi) is 2.59. The molecule has 0 unspecified atom stereocenters. The molecule has 1 heteroatoms. The van der Waals surface area contributed by atoms with Crippen LogP contribution in [-0.4, -0.2) is 6.54 Å². The summed E-state index contributed by atoms with van der Waals surface area (Å²) in [6, 6.07) is 6.82. The van der Waals surface area contributed by atoms with E-state index in [4.69, 9.17) is 5.73 Å². The van der Waals surface area contributed by atoms with Crippen molar-refractivity contribution in [2.75, 3.05) is 6.54 Å². The third-order valence-corrected chi connectivity index (χ3v) is 3.99. The van der Waals surface area contributed by atoms with E-state index in [1.165, 1.54) is 29.5 Å². The lowest BCUT2D eigenvalue weighted by atomic mass is 9.59. The van der Waals surface area contributed by atoms with E-state index in [9.17, 15) is 0 Å². The lowest BCUT2D eigenvalue weighted by Gasteiger charge is -2.46. The number of hydrogen-bond donors (Lipinski definition) is 1. The predicted octanol–water partition coefficient (Wildman–Crippen LogP) is 2.93. The molecule has 0 amide bonds. The van der Waals surface area contributed by atoms with Crippen molar-refractivity contribution >= 4 is 0 Å². The quantitative estimate of drug-likeness (QED) is 0.785. The van der Waals surface area contributed by atoms with Gasteiger partial charge in [-0.05, 0) is 49.3 Å². The van der Waals surface area contributed by atoms with Crippen molar-refractivity contribution in [2.45, 2.75) is 39.0 Å². The molecule has 1 saturated carbocycles. The predicted molar refractivity (Wildman–Crippen MR) is 65.0 cm³/mol. The molecular formula is C14H21N. The zero-order valence-corrected chi connectivity index (χ0v) is 10.0. The normalized spacial score (nSPS) is 30.0. The molecule has 0 spiro atoms. The molecule has 0 radical (unpaired) electrons. The van der Waals surface area contributed by atoms with Crippen LogP contribution in [0, 0.1) is 19.8 Å². The zero-order chi connectivity index (χ0) is 11.1. The van der Waals surface area contributed by atoms with Gasteiger partial charge in [-0.1, -0.05) is 25.1 Å². The molecule has 1 nitrogen and oxygen atoms in total. The van der Waals surface area contributed by atoms with Crippen LogP contribution in [0.15, 0.2) is 18.2 Å². The topological polar surface area (TPSA) is 26.0 Å². The minimum Gasteiger partial charge on any atom is -0.330 e. The van der Waals surface area contributed by atoms with E-state index in [1.54, 1.807) is 0 Å². The maximum atomic E-state index is 5.95. The van der Waals surface area contributed by atoms with E-state index in [2.05, 4.69) is 39.0 Å². The van der Waals surface area contributed by atoms with Gasteiger partial charge in [0.2, 0.25) is 0 Å². The molecule has 0 saturated heterocycles. The number of nitrogens with two attached hydrogens (primary N) is 1. The van der Waals surface area contributed by atoms with Gasteiger partial charge in [0.05, 0.1) is 0 Å². The lowest BCUT2D eigenvalue weighted by Crippen LogP contribution is -2.46. The first-order chi connectivity index (χ1) is 7.07. The first-order valence-corrected chi connectivity index (χ1v) is 5.85. The molecule has 0 aliphatic heterocycles. The Bertz CT molecular complexity index is 362. The van der Waals surface area contributed by atoms with Gasteiger partial charge in [0, 0.05) is 12.0 Å². The van der Waals surface area contributed by atoms with Crippen LogP contribution in [0.4, 0.5) is 0 Å². The fourth-order valence-electron chi connectivity index (χ4n) is 2.87. The summed E-state index contributed by atoms with van der Waals surface area (Å²) in [5, 5.41) is 0. The first-order valence-electron chi connectivity index (χ1n) is 5.85. The molecule has 2 N–H and O–H groups in total. The van der Waals surface area contributed by atoms with Gasteiger partial charge >= 0.3 is 0 Å². The van der Waals surface area contributed by atoms with Crippen LogP contribution in [0.1, 0.15) is 36.5 Å². The molecule has 1 aliphatic carbocycles. The second-order valence-electron chi connectivity index (χ2n) is 5.30. The Hall–Kier alpha value is -0.820. The third kappa shape index (κ3) is 1.69. The molecular weight excluding hydrogens is 182 g/mol. The molecule has 0 heterocycles. The van der Waals surface area contributed by atoms with E-state index >= 15 is 0 Å². The monoisotopic (exact) mass is 203 g/mol. The maximum Gasteiger partial charge on any atom is 0.00807 e. The molecule has 1 aromatic rings. The van der Waals surface area contributed by atoms with Gasteiger partial charge in [-0.3, -0.25) is 0 Å². The van der Waals surface area contributed by atoms with E-state index in [-0.39, 0.29) is 5.41 Å². The van der Waals surface area contributed by atoms with Crippen molar-refractivity contribution in [2.24, 2.45) is 11.7 Å². The smallest absolute Gasteiger partial charge is 0.00807 e. The minimum absolute atomic E-state index is 0.290. The number of rotatable bonds is 2. The van der Waals surface area contributed by atoms with Gasteiger partial charge in [0.1, 0.15) is 0 Å². The minimum atomic E-state index is 0.290. The van der Waals surface area contributed by atoms with Crippen LogP contribution >= 0.6 is 0 Å². The molecule has 2 rings (SSSR count). The van der Waals surface area contributed by atoms with Crippen molar-refractivity contribution in [3.8, 4) is 0 Å². The van der Waals surface area contributed by atoms with E-state index in [0.29, 0.717) is 0 Å². The highest BCUT2D eigenvalue weighted by molar-refractivity contribution is 5.36. The summed E-state index contributed by atoms with van der Waals surface area (Å²) >= 11 is 0. The Balaban J connectivity index is 2.32. The second kappa shape index (κ2) is 3.64. The molecule has 0 bridgehead atoms. The Labute approximate surface area is 92.7 Å². The molecule has 1 fully saturated rings. The van der Waals surface area contributed by atoms with Crippen molar-refractivity contribution in [3.05, 3.63) is 34.9 Å². The van der Waals surface area contributed by atoms with Crippen molar-refractivity contribution < 1.29 is 0 Å². The van der Waals surface area contributed by atoms with Gasteiger partial charge in [-0.15, -0.1) is 0 Å². The standard InChI is InChI=1S/C14H21N/c1-10-7-14(8-10,9-15)13-5-4-11(2)12(3)6-13/h4-6,10H,7-9,15H2,1-3H3. The second-order valence-corrected chi connectivity index (χ2v) is 5.30. The summed E-state index contributed by atoms with van der Waals surface area (Å²) in [7, 11) is 0. The fourth-order valence-corrected chi connectivity index (χ4v) is 2.87. The summed E-state index contributed by atoms with van der Waals surface area (Å²) in [5.41, 5.74) is 10.5. The average molecular weight is 203 g/mol. The summed E-state index contributed by atoms with van der Waals surface area (Å²) in [4.78, 5) is 0. The van der Waals surface area contributed by atoms with Gasteiger partial charge in [-0.2, -0.15) is 0 Å². The van der Waals surface area contributed by atoms with E-state index in [1.807, 2.05) is 0 Å². The van der Waals surface area contributed by atoms with Crippen LogP contribution in [0.5, 0.6) is 0 Å². The van der Waals surface area contributed by atoms with Crippen LogP contribution in [0.25, 0.3) is 0 Å². The first kappa shape index (κ1) is 10.7. The highest BCUT2D eigenvalue weighted by atomic mass is 14.6. The molecule has 82 valence electrons. The van der Waals surface area contributed by atoms with Crippen molar-refractivity contribution in [1.82, 2.24) is 0 Å². The average Bonchev–Trinajstić information content (AvgIpc) is 2.17.